The predicted octanol–water partition coefficient (Wildman–Crippen LogP) is 1.99. The minimum atomic E-state index is -3.03. The summed E-state index contributed by atoms with van der Waals surface area (Å²) in [5.41, 5.74) is 0. The lowest BCUT2D eigenvalue weighted by atomic mass is 10.4. The SMILES string of the molecule is CCNC(=NCCN1CCCS1(=O)=O)NCCSc1ccccc1.I. The maximum atomic E-state index is 11.8. The summed E-state index contributed by atoms with van der Waals surface area (Å²) in [6.07, 6.45) is 0.723. The maximum absolute atomic E-state index is 11.8. The number of rotatable bonds is 8. The van der Waals surface area contributed by atoms with E-state index in [0.29, 0.717) is 19.6 Å². The number of aliphatic imine (C=N–C) groups is 1. The lowest BCUT2D eigenvalue weighted by Gasteiger charge is -2.14. The Morgan fingerprint density at radius 3 is 2.68 bits per heavy atom. The van der Waals surface area contributed by atoms with E-state index >= 15 is 0 Å². The number of sulfonamides is 1. The second-order valence-electron chi connectivity index (χ2n) is 5.42. The highest BCUT2D eigenvalue weighted by Gasteiger charge is 2.27. The van der Waals surface area contributed by atoms with E-state index in [4.69, 9.17) is 0 Å². The van der Waals surface area contributed by atoms with Gasteiger partial charge in [-0.3, -0.25) is 4.99 Å². The van der Waals surface area contributed by atoms with Crippen molar-refractivity contribution in [3.05, 3.63) is 30.3 Å². The smallest absolute Gasteiger partial charge is 0.214 e. The van der Waals surface area contributed by atoms with Crippen molar-refractivity contribution in [2.24, 2.45) is 4.99 Å². The zero-order chi connectivity index (χ0) is 17.3. The first-order chi connectivity index (χ1) is 11.6. The van der Waals surface area contributed by atoms with E-state index < -0.39 is 10.0 Å². The summed E-state index contributed by atoms with van der Waals surface area (Å²) in [7, 11) is -3.03. The summed E-state index contributed by atoms with van der Waals surface area (Å²) >= 11 is 1.79. The van der Waals surface area contributed by atoms with Gasteiger partial charge < -0.3 is 10.6 Å². The Kier molecular flexibility index (Phi) is 10.8. The molecular weight excluding hydrogens is 471 g/mol. The number of hydrogen-bond donors (Lipinski definition) is 2. The zero-order valence-electron chi connectivity index (χ0n) is 14.5. The normalized spacial score (nSPS) is 17.1. The van der Waals surface area contributed by atoms with Gasteiger partial charge in [-0.25, -0.2) is 12.7 Å². The molecule has 9 heteroatoms. The van der Waals surface area contributed by atoms with E-state index in [1.165, 1.54) is 9.20 Å². The highest BCUT2D eigenvalue weighted by Crippen LogP contribution is 2.15. The predicted molar refractivity (Wildman–Crippen MR) is 117 cm³/mol. The Morgan fingerprint density at radius 2 is 2.04 bits per heavy atom. The van der Waals surface area contributed by atoms with Crippen LogP contribution in [0.5, 0.6) is 0 Å². The van der Waals surface area contributed by atoms with E-state index in [1.54, 1.807) is 11.8 Å². The topological polar surface area (TPSA) is 73.8 Å². The second kappa shape index (κ2) is 12.0. The van der Waals surface area contributed by atoms with Gasteiger partial charge in [0.05, 0.1) is 12.3 Å². The molecule has 0 spiro atoms. The van der Waals surface area contributed by atoms with Crippen LogP contribution in [0, 0.1) is 0 Å². The van der Waals surface area contributed by atoms with E-state index in [-0.39, 0.29) is 29.7 Å². The largest absolute Gasteiger partial charge is 0.357 e. The molecule has 0 bridgehead atoms. The highest BCUT2D eigenvalue weighted by molar-refractivity contribution is 14.0. The molecule has 0 saturated carbocycles. The van der Waals surface area contributed by atoms with Gasteiger partial charge in [-0.1, -0.05) is 18.2 Å². The first kappa shape index (κ1) is 22.5. The van der Waals surface area contributed by atoms with Gasteiger partial charge in [0.1, 0.15) is 0 Å². The van der Waals surface area contributed by atoms with Crippen LogP contribution in [0.2, 0.25) is 0 Å². The molecule has 1 aromatic rings. The van der Waals surface area contributed by atoms with Gasteiger partial charge >= 0.3 is 0 Å². The Bertz CT molecular complexity index is 626. The molecule has 1 aromatic carbocycles. The van der Waals surface area contributed by atoms with E-state index in [2.05, 4.69) is 27.8 Å². The van der Waals surface area contributed by atoms with Gasteiger partial charge in [0.15, 0.2) is 5.96 Å². The van der Waals surface area contributed by atoms with Crippen molar-refractivity contribution in [1.29, 1.82) is 0 Å². The Labute approximate surface area is 172 Å². The van der Waals surface area contributed by atoms with Crippen LogP contribution in [-0.4, -0.2) is 62.9 Å². The van der Waals surface area contributed by atoms with Crippen LogP contribution in [0.4, 0.5) is 0 Å². The van der Waals surface area contributed by atoms with E-state index in [1.807, 2.05) is 25.1 Å². The summed E-state index contributed by atoms with van der Waals surface area (Å²) in [5, 5.41) is 6.48. The summed E-state index contributed by atoms with van der Waals surface area (Å²) < 4.78 is 25.0. The number of nitrogens with one attached hydrogen (secondary N) is 2. The molecule has 0 atom stereocenters. The molecule has 6 nitrogen and oxygen atoms in total. The average Bonchev–Trinajstić information content (AvgIpc) is 2.91. The monoisotopic (exact) mass is 498 g/mol. The molecule has 0 radical (unpaired) electrons. The van der Waals surface area contributed by atoms with Crippen LogP contribution in [0.1, 0.15) is 13.3 Å². The van der Waals surface area contributed by atoms with Gasteiger partial charge in [-0.05, 0) is 25.5 Å². The minimum absolute atomic E-state index is 0. The third-order valence-corrected chi connectivity index (χ3v) is 6.54. The molecule has 0 unspecified atom stereocenters. The minimum Gasteiger partial charge on any atom is -0.357 e. The van der Waals surface area contributed by atoms with Crippen LogP contribution >= 0.6 is 35.7 Å². The molecule has 1 aliphatic rings. The van der Waals surface area contributed by atoms with Gasteiger partial charge in [0.2, 0.25) is 10.0 Å². The molecule has 25 heavy (non-hydrogen) atoms. The molecule has 0 aromatic heterocycles. The van der Waals surface area contributed by atoms with Crippen molar-refractivity contribution in [1.82, 2.24) is 14.9 Å². The Hall–Kier alpha value is -0.520. The Balaban J connectivity index is 0.00000312. The number of hydrogen-bond acceptors (Lipinski definition) is 4. The summed E-state index contributed by atoms with van der Waals surface area (Å²) in [5.74, 6) is 1.95. The summed E-state index contributed by atoms with van der Waals surface area (Å²) in [4.78, 5) is 5.72. The van der Waals surface area contributed by atoms with E-state index in [0.717, 1.165) is 31.2 Å². The molecule has 1 saturated heterocycles. The van der Waals surface area contributed by atoms with Crippen molar-refractivity contribution in [3.8, 4) is 0 Å². The van der Waals surface area contributed by atoms with Crippen molar-refractivity contribution in [3.63, 3.8) is 0 Å². The molecule has 2 N–H and O–H groups in total. The molecular formula is C16H27IN4O2S2. The van der Waals surface area contributed by atoms with Gasteiger partial charge in [-0.15, -0.1) is 35.7 Å². The first-order valence-corrected chi connectivity index (χ1v) is 10.9. The molecule has 1 fully saturated rings. The highest BCUT2D eigenvalue weighted by atomic mass is 127. The quantitative estimate of drug-likeness (QED) is 0.189. The number of benzene rings is 1. The van der Waals surface area contributed by atoms with Gasteiger partial charge in [-0.2, -0.15) is 0 Å². The van der Waals surface area contributed by atoms with E-state index in [9.17, 15) is 8.42 Å². The average molecular weight is 498 g/mol. The van der Waals surface area contributed by atoms with Crippen molar-refractivity contribution < 1.29 is 8.42 Å². The lowest BCUT2D eigenvalue weighted by molar-refractivity contribution is 0.452. The molecule has 0 amide bonds. The standard InChI is InChI=1S/C16H26N4O2S2.HI/c1-2-17-16(18-9-12-20-11-6-14-24(20,21)22)19-10-13-23-15-7-4-3-5-8-15;/h3-5,7-8H,2,6,9-14H2,1H3,(H2,17,18,19);1H. The first-order valence-electron chi connectivity index (χ1n) is 8.29. The van der Waals surface area contributed by atoms with Crippen molar-refractivity contribution in [2.45, 2.75) is 18.2 Å². The third kappa shape index (κ3) is 8.14. The van der Waals surface area contributed by atoms with Gasteiger partial charge in [0.25, 0.3) is 0 Å². The maximum Gasteiger partial charge on any atom is 0.214 e. The van der Waals surface area contributed by atoms with Crippen LogP contribution in [0.15, 0.2) is 40.2 Å². The van der Waals surface area contributed by atoms with Gasteiger partial charge in [0, 0.05) is 36.8 Å². The number of halogens is 1. The van der Waals surface area contributed by atoms with Crippen LogP contribution in [-0.2, 0) is 10.0 Å². The zero-order valence-corrected chi connectivity index (χ0v) is 18.4. The summed E-state index contributed by atoms with van der Waals surface area (Å²) in [6.45, 7) is 5.14. The summed E-state index contributed by atoms with van der Waals surface area (Å²) in [6, 6.07) is 10.3. The van der Waals surface area contributed by atoms with Crippen LogP contribution in [0.3, 0.4) is 0 Å². The fourth-order valence-corrected chi connectivity index (χ4v) is 4.72. The molecule has 2 rings (SSSR count). The number of thioether (sulfide) groups is 1. The van der Waals surface area contributed by atoms with Crippen molar-refractivity contribution >= 4 is 51.7 Å². The fourth-order valence-electron chi connectivity index (χ4n) is 2.41. The fraction of sp³-hybridized carbons (Fsp3) is 0.562. The number of nitrogens with zero attached hydrogens (tertiary/aromatic N) is 2. The molecule has 0 aliphatic carbocycles. The van der Waals surface area contributed by atoms with Crippen LogP contribution < -0.4 is 10.6 Å². The van der Waals surface area contributed by atoms with Crippen molar-refractivity contribution in [2.75, 3.05) is 44.2 Å². The lowest BCUT2D eigenvalue weighted by Crippen LogP contribution is -2.39. The Morgan fingerprint density at radius 1 is 1.28 bits per heavy atom. The molecule has 142 valence electrons. The number of guanidine groups is 1. The molecule has 1 aliphatic heterocycles. The van der Waals surface area contributed by atoms with Crippen LogP contribution in [0.25, 0.3) is 0 Å². The third-order valence-electron chi connectivity index (χ3n) is 3.57. The second-order valence-corrected chi connectivity index (χ2v) is 8.67. The molecule has 1 heterocycles.